The normalized spacial score (nSPS) is 12.7. The monoisotopic (exact) mass is 773 g/mol. The molecule has 0 aliphatic carbocycles. The highest BCUT2D eigenvalue weighted by atomic mass is 16.6. The second kappa shape index (κ2) is 36.5. The molecule has 1 aromatic rings. The summed E-state index contributed by atoms with van der Waals surface area (Å²) in [6.07, 6.45) is 6.25. The van der Waals surface area contributed by atoms with Crippen molar-refractivity contribution in [1.29, 1.82) is 0 Å². The Morgan fingerprint density at radius 3 is 0.907 bits per heavy atom. The number of carbonyl (C=O) groups excluding carboxylic acids is 2. The standard InChI is InChI=1S/C39H67NO14/c1-2-3-4-5-8-12-43-14-16-45-18-20-47-22-24-49-26-28-51-30-32-53-34-35-54-33-31-52-29-27-50-25-23-48-21-19-46-17-15-44-13-11-40-38(41)36-9-6-7-10-37(36)39(40)42/h6-7,9-10H,2-5,8,11-35H2,1H3. The summed E-state index contributed by atoms with van der Waals surface area (Å²) in [5.74, 6) is -0.555. The van der Waals surface area contributed by atoms with Gasteiger partial charge in [-0.15, -0.1) is 0 Å². The molecule has 0 bridgehead atoms. The van der Waals surface area contributed by atoms with E-state index in [0.717, 1.165) is 13.0 Å². The molecule has 0 unspecified atom stereocenters. The van der Waals surface area contributed by atoms with E-state index in [2.05, 4.69) is 6.92 Å². The van der Waals surface area contributed by atoms with E-state index in [4.69, 9.17) is 56.8 Å². The molecule has 0 fully saturated rings. The van der Waals surface area contributed by atoms with Crippen molar-refractivity contribution in [3.63, 3.8) is 0 Å². The van der Waals surface area contributed by atoms with Crippen LogP contribution in [0.25, 0.3) is 0 Å². The van der Waals surface area contributed by atoms with E-state index in [1.165, 1.54) is 30.6 Å². The predicted molar refractivity (Wildman–Crippen MR) is 200 cm³/mol. The second-order valence-electron chi connectivity index (χ2n) is 12.1. The van der Waals surface area contributed by atoms with E-state index in [1.807, 2.05) is 0 Å². The Labute approximate surface area is 322 Å². The molecule has 0 radical (unpaired) electrons. The predicted octanol–water partition coefficient (Wildman–Crippen LogP) is 3.45. The third-order valence-corrected chi connectivity index (χ3v) is 7.82. The zero-order valence-electron chi connectivity index (χ0n) is 32.7. The first kappa shape index (κ1) is 48.0. The van der Waals surface area contributed by atoms with Gasteiger partial charge in [0.15, 0.2) is 0 Å². The van der Waals surface area contributed by atoms with Gasteiger partial charge in [0.05, 0.1) is 170 Å². The molecule has 0 spiro atoms. The Kier molecular flexibility index (Phi) is 32.5. The van der Waals surface area contributed by atoms with Crippen LogP contribution in [0.5, 0.6) is 0 Å². The molecule has 15 nitrogen and oxygen atoms in total. The number of benzene rings is 1. The maximum atomic E-state index is 12.3. The van der Waals surface area contributed by atoms with Gasteiger partial charge in [0.2, 0.25) is 0 Å². The highest BCUT2D eigenvalue weighted by molar-refractivity contribution is 6.21. The summed E-state index contributed by atoms with van der Waals surface area (Å²) >= 11 is 0. The lowest BCUT2D eigenvalue weighted by Crippen LogP contribution is -2.33. The molecule has 1 aliphatic rings. The van der Waals surface area contributed by atoms with Crippen LogP contribution in [0.15, 0.2) is 24.3 Å². The average Bonchev–Trinajstić information content (AvgIpc) is 3.43. The molecule has 0 saturated carbocycles. The molecule has 312 valence electrons. The Hall–Kier alpha value is -2.12. The van der Waals surface area contributed by atoms with Gasteiger partial charge >= 0.3 is 0 Å². The van der Waals surface area contributed by atoms with Gasteiger partial charge in [0.1, 0.15) is 0 Å². The Morgan fingerprint density at radius 1 is 0.352 bits per heavy atom. The van der Waals surface area contributed by atoms with Gasteiger partial charge in [-0.1, -0.05) is 44.7 Å². The minimum atomic E-state index is -0.277. The maximum absolute atomic E-state index is 12.3. The van der Waals surface area contributed by atoms with E-state index in [-0.39, 0.29) is 25.0 Å². The molecule has 54 heavy (non-hydrogen) atoms. The Bertz CT molecular complexity index is 984. The van der Waals surface area contributed by atoms with Gasteiger partial charge in [0, 0.05) is 6.61 Å². The summed E-state index contributed by atoms with van der Waals surface area (Å²) in [6.45, 7) is 14.4. The van der Waals surface area contributed by atoms with Gasteiger partial charge in [-0.3, -0.25) is 14.5 Å². The van der Waals surface area contributed by atoms with E-state index in [0.29, 0.717) is 156 Å². The van der Waals surface area contributed by atoms with Crippen molar-refractivity contribution in [3.05, 3.63) is 35.4 Å². The number of amides is 2. The third-order valence-electron chi connectivity index (χ3n) is 7.82. The first-order valence-electron chi connectivity index (χ1n) is 19.6. The number of ether oxygens (including phenoxy) is 12. The smallest absolute Gasteiger partial charge is 0.261 e. The molecular weight excluding hydrogens is 706 g/mol. The largest absolute Gasteiger partial charge is 0.379 e. The van der Waals surface area contributed by atoms with Crippen LogP contribution in [0.1, 0.15) is 59.7 Å². The molecule has 1 heterocycles. The van der Waals surface area contributed by atoms with Gasteiger partial charge in [-0.25, -0.2) is 0 Å². The zero-order valence-corrected chi connectivity index (χ0v) is 32.7. The molecule has 2 amide bonds. The number of nitrogens with zero attached hydrogens (tertiary/aromatic N) is 1. The Balaban J connectivity index is 1.15. The number of imide groups is 1. The van der Waals surface area contributed by atoms with Crippen LogP contribution in [0.2, 0.25) is 0 Å². The molecule has 0 atom stereocenters. The number of hydrogen-bond donors (Lipinski definition) is 0. The van der Waals surface area contributed by atoms with Gasteiger partial charge in [0.25, 0.3) is 11.8 Å². The van der Waals surface area contributed by atoms with E-state index in [9.17, 15) is 9.59 Å². The number of carbonyl (C=O) groups is 2. The minimum absolute atomic E-state index is 0.214. The van der Waals surface area contributed by atoms with Gasteiger partial charge < -0.3 is 56.8 Å². The molecular formula is C39H67NO14. The fraction of sp³-hybridized carbons (Fsp3) is 0.795. The molecule has 15 heteroatoms. The van der Waals surface area contributed by atoms with Crippen LogP contribution in [-0.2, 0) is 56.8 Å². The van der Waals surface area contributed by atoms with Crippen LogP contribution >= 0.6 is 0 Å². The van der Waals surface area contributed by atoms with Crippen molar-refractivity contribution < 1.29 is 66.4 Å². The highest BCUT2D eigenvalue weighted by Crippen LogP contribution is 2.21. The topological polar surface area (TPSA) is 148 Å². The summed E-state index contributed by atoms with van der Waals surface area (Å²) in [4.78, 5) is 25.8. The summed E-state index contributed by atoms with van der Waals surface area (Å²) in [5.41, 5.74) is 0.884. The van der Waals surface area contributed by atoms with Crippen LogP contribution in [0.3, 0.4) is 0 Å². The van der Waals surface area contributed by atoms with Crippen molar-refractivity contribution in [3.8, 4) is 0 Å². The average molecular weight is 774 g/mol. The summed E-state index contributed by atoms with van der Waals surface area (Å²) in [7, 11) is 0. The molecule has 0 aromatic heterocycles. The fourth-order valence-corrected chi connectivity index (χ4v) is 4.93. The van der Waals surface area contributed by atoms with Crippen LogP contribution in [0.4, 0.5) is 0 Å². The quantitative estimate of drug-likeness (QED) is 0.0706. The van der Waals surface area contributed by atoms with Crippen molar-refractivity contribution in [2.45, 2.75) is 39.0 Å². The fourth-order valence-electron chi connectivity index (χ4n) is 4.93. The van der Waals surface area contributed by atoms with Crippen molar-refractivity contribution >= 4 is 11.8 Å². The molecule has 2 rings (SSSR count). The summed E-state index contributed by atoms with van der Waals surface area (Å²) < 4.78 is 66.0. The van der Waals surface area contributed by atoms with E-state index >= 15 is 0 Å². The molecule has 1 aliphatic heterocycles. The van der Waals surface area contributed by atoms with Crippen LogP contribution < -0.4 is 0 Å². The third kappa shape index (κ3) is 25.9. The molecule has 0 N–H and O–H groups in total. The summed E-state index contributed by atoms with van der Waals surface area (Å²) in [5, 5.41) is 0. The van der Waals surface area contributed by atoms with Crippen molar-refractivity contribution in [2.24, 2.45) is 0 Å². The molecule has 1 aromatic carbocycles. The van der Waals surface area contributed by atoms with Gasteiger partial charge in [-0.05, 0) is 18.6 Å². The lowest BCUT2D eigenvalue weighted by atomic mass is 10.1. The van der Waals surface area contributed by atoms with Crippen LogP contribution in [-0.4, -0.2) is 182 Å². The second-order valence-corrected chi connectivity index (χ2v) is 12.1. The zero-order chi connectivity index (χ0) is 38.4. The Morgan fingerprint density at radius 2 is 0.611 bits per heavy atom. The van der Waals surface area contributed by atoms with Gasteiger partial charge in [-0.2, -0.15) is 0 Å². The maximum Gasteiger partial charge on any atom is 0.261 e. The molecule has 0 saturated heterocycles. The first-order chi connectivity index (χ1) is 26.8. The van der Waals surface area contributed by atoms with Crippen molar-refractivity contribution in [2.75, 3.05) is 165 Å². The SMILES string of the molecule is CCCCCCCOCCOCCOCCOCCOCCOCCOCCOCCOCCOCCOCCOCCN1C(=O)c2ccccc2C1=O. The van der Waals surface area contributed by atoms with Crippen LogP contribution in [0, 0.1) is 0 Å². The summed E-state index contributed by atoms with van der Waals surface area (Å²) in [6, 6.07) is 6.82. The lowest BCUT2D eigenvalue weighted by Gasteiger charge is -2.13. The van der Waals surface area contributed by atoms with Crippen molar-refractivity contribution in [1.82, 2.24) is 4.90 Å². The lowest BCUT2D eigenvalue weighted by molar-refractivity contribution is -0.0284. The highest BCUT2D eigenvalue weighted by Gasteiger charge is 2.34. The van der Waals surface area contributed by atoms with E-state index < -0.39 is 0 Å². The number of hydrogen-bond acceptors (Lipinski definition) is 14. The minimum Gasteiger partial charge on any atom is -0.379 e. The van der Waals surface area contributed by atoms with E-state index in [1.54, 1.807) is 24.3 Å². The number of rotatable bonds is 42. The first-order valence-corrected chi connectivity index (χ1v) is 19.6. The number of unbranched alkanes of at least 4 members (excludes halogenated alkanes) is 4. The number of fused-ring (bicyclic) bond motifs is 1.